The zero-order chi connectivity index (χ0) is 14.9. The monoisotopic (exact) mass is 336 g/mol. The van der Waals surface area contributed by atoms with E-state index in [0.717, 1.165) is 21.6 Å². The summed E-state index contributed by atoms with van der Waals surface area (Å²) in [5.74, 6) is 0.772. The summed E-state index contributed by atoms with van der Waals surface area (Å²) in [5, 5.41) is 4.41. The van der Waals surface area contributed by atoms with E-state index in [1.54, 1.807) is 36.1 Å². The number of nitrogens with zero attached hydrogens (tertiary/aromatic N) is 2. The fraction of sp³-hybridized carbons (Fsp3) is 0.333. The standard InChI is InChI=1S/C15H17BrN2O2/c1-9-14(16)10(2)18(17-9)11(3)15(19)12-5-7-13(20-4)8-6-12/h5-8,11H,1-4H3. The third kappa shape index (κ3) is 2.63. The van der Waals surface area contributed by atoms with E-state index >= 15 is 0 Å². The van der Waals surface area contributed by atoms with Crippen molar-refractivity contribution in [2.75, 3.05) is 7.11 Å². The summed E-state index contributed by atoms with van der Waals surface area (Å²) in [7, 11) is 1.60. The molecule has 0 amide bonds. The number of carbonyl (C=O) groups excluding carboxylic acids is 1. The molecular formula is C15H17BrN2O2. The number of hydrogen-bond acceptors (Lipinski definition) is 3. The number of benzene rings is 1. The molecule has 2 aromatic rings. The Balaban J connectivity index is 2.29. The molecule has 0 aliphatic heterocycles. The van der Waals surface area contributed by atoms with Crippen LogP contribution in [0.2, 0.25) is 0 Å². The summed E-state index contributed by atoms with van der Waals surface area (Å²) >= 11 is 3.48. The molecule has 4 nitrogen and oxygen atoms in total. The highest BCUT2D eigenvalue weighted by Crippen LogP contribution is 2.25. The van der Waals surface area contributed by atoms with Gasteiger partial charge in [0.25, 0.3) is 0 Å². The van der Waals surface area contributed by atoms with E-state index in [2.05, 4.69) is 21.0 Å². The van der Waals surface area contributed by atoms with Gasteiger partial charge in [0, 0.05) is 5.56 Å². The Kier molecular flexibility index (Phi) is 4.28. The van der Waals surface area contributed by atoms with Gasteiger partial charge in [-0.15, -0.1) is 0 Å². The van der Waals surface area contributed by atoms with E-state index in [9.17, 15) is 4.79 Å². The maximum absolute atomic E-state index is 12.5. The predicted molar refractivity (Wildman–Crippen MR) is 81.4 cm³/mol. The lowest BCUT2D eigenvalue weighted by atomic mass is 10.1. The minimum absolute atomic E-state index is 0.0331. The molecule has 0 radical (unpaired) electrons. The molecule has 20 heavy (non-hydrogen) atoms. The molecular weight excluding hydrogens is 320 g/mol. The van der Waals surface area contributed by atoms with E-state index < -0.39 is 0 Å². The second-order valence-electron chi connectivity index (χ2n) is 4.70. The number of aryl methyl sites for hydroxylation is 1. The quantitative estimate of drug-likeness (QED) is 0.799. The average molecular weight is 337 g/mol. The number of methoxy groups -OCH3 is 1. The van der Waals surface area contributed by atoms with Crippen LogP contribution < -0.4 is 4.74 Å². The first kappa shape index (κ1) is 14.8. The van der Waals surface area contributed by atoms with Crippen LogP contribution in [0.1, 0.15) is 34.7 Å². The van der Waals surface area contributed by atoms with Gasteiger partial charge >= 0.3 is 0 Å². The first-order valence-electron chi connectivity index (χ1n) is 6.35. The van der Waals surface area contributed by atoms with Gasteiger partial charge < -0.3 is 4.74 Å². The van der Waals surface area contributed by atoms with Gasteiger partial charge in [-0.1, -0.05) is 0 Å². The van der Waals surface area contributed by atoms with Crippen molar-refractivity contribution in [2.45, 2.75) is 26.8 Å². The minimum atomic E-state index is -0.339. The number of ketones is 1. The highest BCUT2D eigenvalue weighted by atomic mass is 79.9. The van der Waals surface area contributed by atoms with Crippen molar-refractivity contribution in [1.29, 1.82) is 0 Å². The lowest BCUT2D eigenvalue weighted by molar-refractivity contribution is 0.0926. The fourth-order valence-corrected chi connectivity index (χ4v) is 2.39. The first-order chi connectivity index (χ1) is 9.45. The molecule has 1 atom stereocenters. The SMILES string of the molecule is COc1ccc(C(=O)C(C)n2nc(C)c(Br)c2C)cc1. The van der Waals surface area contributed by atoms with E-state index in [4.69, 9.17) is 4.74 Å². The van der Waals surface area contributed by atoms with Crippen LogP contribution in [0, 0.1) is 13.8 Å². The summed E-state index contributed by atoms with van der Waals surface area (Å²) in [6, 6.07) is 6.79. The number of Topliss-reactive ketones (excluding diaryl/α,β-unsaturated/α-hetero) is 1. The number of aromatic nitrogens is 2. The summed E-state index contributed by atoms with van der Waals surface area (Å²) in [5.41, 5.74) is 2.50. The van der Waals surface area contributed by atoms with Crippen molar-refractivity contribution in [3.8, 4) is 5.75 Å². The molecule has 0 saturated heterocycles. The van der Waals surface area contributed by atoms with Gasteiger partial charge in [-0.3, -0.25) is 9.48 Å². The van der Waals surface area contributed by atoms with Gasteiger partial charge in [-0.05, 0) is 61.0 Å². The zero-order valence-corrected chi connectivity index (χ0v) is 13.6. The number of hydrogen-bond donors (Lipinski definition) is 0. The number of carbonyl (C=O) groups is 1. The molecule has 0 aliphatic carbocycles. The van der Waals surface area contributed by atoms with Gasteiger partial charge in [-0.2, -0.15) is 5.10 Å². The van der Waals surface area contributed by atoms with Crippen LogP contribution in [-0.2, 0) is 0 Å². The maximum Gasteiger partial charge on any atom is 0.187 e. The van der Waals surface area contributed by atoms with E-state index in [1.165, 1.54) is 0 Å². The molecule has 0 spiro atoms. The van der Waals surface area contributed by atoms with Crippen molar-refractivity contribution in [3.63, 3.8) is 0 Å². The zero-order valence-electron chi connectivity index (χ0n) is 12.0. The second kappa shape index (κ2) is 5.79. The molecule has 0 fully saturated rings. The lowest BCUT2D eigenvalue weighted by Gasteiger charge is -2.13. The minimum Gasteiger partial charge on any atom is -0.497 e. The molecule has 106 valence electrons. The van der Waals surface area contributed by atoms with Crippen molar-refractivity contribution in [2.24, 2.45) is 0 Å². The van der Waals surface area contributed by atoms with Crippen LogP contribution in [0.5, 0.6) is 5.75 Å². The second-order valence-corrected chi connectivity index (χ2v) is 5.49. The molecule has 1 aromatic heterocycles. The van der Waals surface area contributed by atoms with Crippen molar-refractivity contribution in [3.05, 3.63) is 45.7 Å². The highest BCUT2D eigenvalue weighted by molar-refractivity contribution is 9.10. The summed E-state index contributed by atoms with van der Waals surface area (Å²) in [4.78, 5) is 12.5. The molecule has 1 heterocycles. The Morgan fingerprint density at radius 3 is 2.35 bits per heavy atom. The number of ether oxygens (including phenoxy) is 1. The van der Waals surface area contributed by atoms with Crippen LogP contribution in [0.15, 0.2) is 28.7 Å². The number of rotatable bonds is 4. The van der Waals surface area contributed by atoms with Gasteiger partial charge in [0.15, 0.2) is 5.78 Å². The molecule has 2 rings (SSSR count). The van der Waals surface area contributed by atoms with Gasteiger partial charge in [-0.25, -0.2) is 0 Å². The van der Waals surface area contributed by atoms with Gasteiger partial charge in [0.1, 0.15) is 11.8 Å². The van der Waals surface area contributed by atoms with E-state index in [1.807, 2.05) is 20.8 Å². The molecule has 0 saturated carbocycles. The van der Waals surface area contributed by atoms with E-state index in [-0.39, 0.29) is 11.8 Å². The van der Waals surface area contributed by atoms with Crippen LogP contribution in [0.4, 0.5) is 0 Å². The average Bonchev–Trinajstić information content (AvgIpc) is 2.73. The maximum atomic E-state index is 12.5. The topological polar surface area (TPSA) is 44.1 Å². The summed E-state index contributed by atoms with van der Waals surface area (Å²) in [6.07, 6.45) is 0. The highest BCUT2D eigenvalue weighted by Gasteiger charge is 2.21. The Bertz CT molecular complexity index is 632. The molecule has 5 heteroatoms. The number of halogens is 1. The molecule has 1 aromatic carbocycles. The summed E-state index contributed by atoms with van der Waals surface area (Å²) < 4.78 is 7.80. The third-order valence-corrected chi connectivity index (χ3v) is 4.51. The van der Waals surface area contributed by atoms with Crippen LogP contribution in [-0.4, -0.2) is 22.7 Å². The Labute approximate surface area is 126 Å². The smallest absolute Gasteiger partial charge is 0.187 e. The Morgan fingerprint density at radius 1 is 1.30 bits per heavy atom. The van der Waals surface area contributed by atoms with Crippen LogP contribution >= 0.6 is 15.9 Å². The van der Waals surface area contributed by atoms with Crippen molar-refractivity contribution < 1.29 is 9.53 Å². The molecule has 0 bridgehead atoms. The Morgan fingerprint density at radius 2 is 1.90 bits per heavy atom. The van der Waals surface area contributed by atoms with Crippen molar-refractivity contribution in [1.82, 2.24) is 9.78 Å². The van der Waals surface area contributed by atoms with E-state index in [0.29, 0.717) is 5.56 Å². The van der Waals surface area contributed by atoms with Gasteiger partial charge in [0.05, 0.1) is 23.0 Å². The first-order valence-corrected chi connectivity index (χ1v) is 7.14. The Hall–Kier alpha value is -1.62. The van der Waals surface area contributed by atoms with Crippen LogP contribution in [0.3, 0.4) is 0 Å². The predicted octanol–water partition coefficient (Wildman–Crippen LogP) is 3.71. The summed E-state index contributed by atoms with van der Waals surface area (Å²) in [6.45, 7) is 5.72. The normalized spacial score (nSPS) is 12.2. The molecule has 1 unspecified atom stereocenters. The molecule has 0 N–H and O–H groups in total. The largest absolute Gasteiger partial charge is 0.497 e. The fourth-order valence-electron chi connectivity index (χ4n) is 2.13. The lowest BCUT2D eigenvalue weighted by Crippen LogP contribution is -2.19. The molecule has 0 aliphatic rings. The van der Waals surface area contributed by atoms with Crippen molar-refractivity contribution >= 4 is 21.7 Å². The van der Waals surface area contributed by atoms with Crippen LogP contribution in [0.25, 0.3) is 0 Å². The van der Waals surface area contributed by atoms with Gasteiger partial charge in [0.2, 0.25) is 0 Å². The third-order valence-electron chi connectivity index (χ3n) is 3.36.